The van der Waals surface area contributed by atoms with Gasteiger partial charge in [0.05, 0.1) is 18.8 Å². The van der Waals surface area contributed by atoms with Gasteiger partial charge in [0.2, 0.25) is 5.91 Å². The van der Waals surface area contributed by atoms with Crippen molar-refractivity contribution in [1.29, 1.82) is 0 Å². The van der Waals surface area contributed by atoms with Crippen LogP contribution in [0.25, 0.3) is 0 Å². The van der Waals surface area contributed by atoms with Gasteiger partial charge in [0, 0.05) is 13.1 Å². The van der Waals surface area contributed by atoms with Gasteiger partial charge in [-0.1, -0.05) is 37.3 Å². The molecule has 1 amide bonds. The molecule has 0 bridgehead atoms. The standard InChI is InChI=1S/C15H22N2O2.ClH/c1-2-13-11-17(8-9-19-13)15(18)14(16)10-12-6-4-3-5-7-12;/h3-7,13-14H,2,8-11,16H2,1H3;1H. The Morgan fingerprint density at radius 3 is 2.80 bits per heavy atom. The first-order valence-electron chi connectivity index (χ1n) is 6.90. The number of benzene rings is 1. The minimum atomic E-state index is -0.460. The van der Waals surface area contributed by atoms with E-state index < -0.39 is 6.04 Å². The van der Waals surface area contributed by atoms with Crippen LogP contribution in [0.1, 0.15) is 18.9 Å². The molecule has 1 aliphatic heterocycles. The molecule has 2 unspecified atom stereocenters. The average Bonchev–Trinajstić information content (AvgIpc) is 2.47. The van der Waals surface area contributed by atoms with Crippen molar-refractivity contribution in [3.05, 3.63) is 35.9 Å². The summed E-state index contributed by atoms with van der Waals surface area (Å²) in [6, 6.07) is 9.44. The first-order chi connectivity index (χ1) is 9.20. The second kappa shape index (κ2) is 8.25. The van der Waals surface area contributed by atoms with E-state index in [1.807, 2.05) is 35.2 Å². The number of ether oxygens (including phenoxy) is 1. The Kier molecular flexibility index (Phi) is 6.99. The highest BCUT2D eigenvalue weighted by Gasteiger charge is 2.26. The van der Waals surface area contributed by atoms with Gasteiger partial charge in [-0.05, 0) is 18.4 Å². The van der Waals surface area contributed by atoms with Crippen molar-refractivity contribution in [2.75, 3.05) is 19.7 Å². The molecule has 1 aromatic carbocycles. The number of rotatable bonds is 4. The average molecular weight is 299 g/mol. The molecule has 1 aliphatic rings. The predicted octanol–water partition coefficient (Wildman–Crippen LogP) is 1.62. The van der Waals surface area contributed by atoms with Crippen molar-refractivity contribution < 1.29 is 9.53 Å². The molecule has 2 rings (SSSR count). The Balaban J connectivity index is 0.00000200. The van der Waals surface area contributed by atoms with Crippen molar-refractivity contribution in [1.82, 2.24) is 4.90 Å². The number of hydrogen-bond acceptors (Lipinski definition) is 3. The molecule has 4 nitrogen and oxygen atoms in total. The Bertz CT molecular complexity index is 414. The maximum atomic E-state index is 12.3. The van der Waals surface area contributed by atoms with Crippen LogP contribution in [0.2, 0.25) is 0 Å². The van der Waals surface area contributed by atoms with E-state index in [4.69, 9.17) is 10.5 Å². The molecule has 1 heterocycles. The number of amides is 1. The van der Waals surface area contributed by atoms with Crippen molar-refractivity contribution in [2.45, 2.75) is 31.9 Å². The number of hydrogen-bond donors (Lipinski definition) is 1. The van der Waals surface area contributed by atoms with Crippen molar-refractivity contribution in [3.63, 3.8) is 0 Å². The van der Waals surface area contributed by atoms with Gasteiger partial charge < -0.3 is 15.4 Å². The summed E-state index contributed by atoms with van der Waals surface area (Å²) in [5, 5.41) is 0. The molecular weight excluding hydrogens is 276 g/mol. The van der Waals surface area contributed by atoms with Crippen LogP contribution in [0.4, 0.5) is 0 Å². The lowest BCUT2D eigenvalue weighted by atomic mass is 10.1. The van der Waals surface area contributed by atoms with Crippen molar-refractivity contribution in [3.8, 4) is 0 Å². The summed E-state index contributed by atoms with van der Waals surface area (Å²) in [5.74, 6) is 0.0330. The monoisotopic (exact) mass is 298 g/mol. The van der Waals surface area contributed by atoms with Crippen molar-refractivity contribution in [2.24, 2.45) is 5.73 Å². The van der Waals surface area contributed by atoms with Gasteiger partial charge in [-0.3, -0.25) is 4.79 Å². The lowest BCUT2D eigenvalue weighted by molar-refractivity contribution is -0.140. The molecule has 20 heavy (non-hydrogen) atoms. The maximum absolute atomic E-state index is 12.3. The number of morpholine rings is 1. The molecular formula is C15H23ClN2O2. The second-order valence-electron chi connectivity index (χ2n) is 4.98. The summed E-state index contributed by atoms with van der Waals surface area (Å²) < 4.78 is 5.57. The highest BCUT2D eigenvalue weighted by molar-refractivity contribution is 5.85. The van der Waals surface area contributed by atoms with Gasteiger partial charge in [0.1, 0.15) is 0 Å². The van der Waals surface area contributed by atoms with Gasteiger partial charge in [-0.2, -0.15) is 0 Å². The van der Waals surface area contributed by atoms with Gasteiger partial charge >= 0.3 is 0 Å². The third-order valence-electron chi connectivity index (χ3n) is 3.52. The Morgan fingerprint density at radius 1 is 1.45 bits per heavy atom. The fourth-order valence-corrected chi connectivity index (χ4v) is 2.36. The summed E-state index contributed by atoms with van der Waals surface area (Å²) in [6.07, 6.45) is 1.67. The lowest BCUT2D eigenvalue weighted by Crippen LogP contribution is -2.51. The zero-order valence-electron chi connectivity index (χ0n) is 11.8. The second-order valence-corrected chi connectivity index (χ2v) is 4.98. The minimum Gasteiger partial charge on any atom is -0.375 e. The van der Waals surface area contributed by atoms with Crippen LogP contribution in [0, 0.1) is 0 Å². The SMILES string of the molecule is CCC1CN(C(=O)C(N)Cc2ccccc2)CCO1.Cl. The summed E-state index contributed by atoms with van der Waals surface area (Å²) in [6.45, 7) is 4.00. The van der Waals surface area contributed by atoms with Gasteiger partial charge in [0.15, 0.2) is 0 Å². The molecule has 0 spiro atoms. The van der Waals surface area contributed by atoms with Gasteiger partial charge in [-0.25, -0.2) is 0 Å². The largest absolute Gasteiger partial charge is 0.375 e. The van der Waals surface area contributed by atoms with E-state index in [1.165, 1.54) is 0 Å². The minimum absolute atomic E-state index is 0. The van der Waals surface area contributed by atoms with E-state index >= 15 is 0 Å². The number of nitrogens with two attached hydrogens (primary N) is 1. The lowest BCUT2D eigenvalue weighted by Gasteiger charge is -2.34. The van der Waals surface area contributed by atoms with E-state index in [1.54, 1.807) is 0 Å². The van der Waals surface area contributed by atoms with Crippen LogP contribution in [-0.2, 0) is 16.0 Å². The number of halogens is 1. The predicted molar refractivity (Wildman–Crippen MR) is 82.0 cm³/mol. The van der Waals surface area contributed by atoms with E-state index in [9.17, 15) is 4.79 Å². The third kappa shape index (κ3) is 4.47. The van der Waals surface area contributed by atoms with E-state index in [2.05, 4.69) is 6.92 Å². The zero-order valence-corrected chi connectivity index (χ0v) is 12.6. The smallest absolute Gasteiger partial charge is 0.239 e. The quantitative estimate of drug-likeness (QED) is 0.919. The topological polar surface area (TPSA) is 55.6 Å². The van der Waals surface area contributed by atoms with Crippen LogP contribution in [0.3, 0.4) is 0 Å². The summed E-state index contributed by atoms with van der Waals surface area (Å²) in [5.41, 5.74) is 7.14. The number of nitrogens with zero attached hydrogens (tertiary/aromatic N) is 1. The Hall–Kier alpha value is -1.10. The maximum Gasteiger partial charge on any atom is 0.239 e. The highest BCUT2D eigenvalue weighted by Crippen LogP contribution is 2.11. The summed E-state index contributed by atoms with van der Waals surface area (Å²) >= 11 is 0. The summed E-state index contributed by atoms with van der Waals surface area (Å²) in [7, 11) is 0. The molecule has 0 aliphatic carbocycles. The molecule has 2 atom stereocenters. The Morgan fingerprint density at radius 2 is 2.15 bits per heavy atom. The molecule has 2 N–H and O–H groups in total. The normalized spacial score (nSPS) is 20.1. The van der Waals surface area contributed by atoms with Crippen LogP contribution in [-0.4, -0.2) is 42.6 Å². The summed E-state index contributed by atoms with van der Waals surface area (Å²) in [4.78, 5) is 14.1. The van der Waals surface area contributed by atoms with E-state index in [0.717, 1.165) is 12.0 Å². The highest BCUT2D eigenvalue weighted by atomic mass is 35.5. The van der Waals surface area contributed by atoms with Crippen LogP contribution in [0.5, 0.6) is 0 Å². The zero-order chi connectivity index (χ0) is 13.7. The van der Waals surface area contributed by atoms with Gasteiger partial charge in [-0.15, -0.1) is 12.4 Å². The molecule has 1 saturated heterocycles. The molecule has 1 aromatic rings. The molecule has 5 heteroatoms. The fraction of sp³-hybridized carbons (Fsp3) is 0.533. The van der Waals surface area contributed by atoms with E-state index in [0.29, 0.717) is 26.1 Å². The number of carbonyl (C=O) groups excluding carboxylic acids is 1. The molecule has 0 saturated carbocycles. The third-order valence-corrected chi connectivity index (χ3v) is 3.52. The fourth-order valence-electron chi connectivity index (χ4n) is 2.36. The van der Waals surface area contributed by atoms with Gasteiger partial charge in [0.25, 0.3) is 0 Å². The molecule has 112 valence electrons. The van der Waals surface area contributed by atoms with Crippen molar-refractivity contribution >= 4 is 18.3 Å². The van der Waals surface area contributed by atoms with E-state index in [-0.39, 0.29) is 24.4 Å². The number of carbonyl (C=O) groups is 1. The molecule has 1 fully saturated rings. The first-order valence-corrected chi connectivity index (χ1v) is 6.90. The van der Waals surface area contributed by atoms with Crippen LogP contribution >= 0.6 is 12.4 Å². The molecule has 0 aromatic heterocycles. The van der Waals surface area contributed by atoms with Crippen LogP contribution < -0.4 is 5.73 Å². The first kappa shape index (κ1) is 17.0. The Labute approximate surface area is 126 Å². The molecule has 0 radical (unpaired) electrons. The van der Waals surface area contributed by atoms with Crippen LogP contribution in [0.15, 0.2) is 30.3 Å².